The molecule has 5 heteroatoms. The van der Waals surface area contributed by atoms with Crippen molar-refractivity contribution >= 4 is 6.09 Å². The van der Waals surface area contributed by atoms with Gasteiger partial charge in [0.05, 0.1) is 12.1 Å². The minimum Gasteiger partial charge on any atom is -0.465 e. The van der Waals surface area contributed by atoms with Crippen LogP contribution in [-0.2, 0) is 6.42 Å². The zero-order valence-electron chi connectivity index (χ0n) is 13.0. The first kappa shape index (κ1) is 17.5. The van der Waals surface area contributed by atoms with E-state index in [0.29, 0.717) is 18.9 Å². The van der Waals surface area contributed by atoms with Crippen molar-refractivity contribution in [3.63, 3.8) is 0 Å². The van der Waals surface area contributed by atoms with E-state index in [4.69, 9.17) is 5.11 Å². The van der Waals surface area contributed by atoms with Crippen LogP contribution in [0.25, 0.3) is 0 Å². The first-order valence-corrected chi connectivity index (χ1v) is 7.28. The summed E-state index contributed by atoms with van der Waals surface area (Å²) in [4.78, 5) is 13.0. The van der Waals surface area contributed by atoms with E-state index in [0.717, 1.165) is 12.1 Å². The van der Waals surface area contributed by atoms with Crippen LogP contribution in [0.4, 0.5) is 4.79 Å². The smallest absolute Gasteiger partial charge is 0.404 e. The summed E-state index contributed by atoms with van der Waals surface area (Å²) in [7, 11) is 1.93. The molecule has 0 radical (unpaired) electrons. The summed E-state index contributed by atoms with van der Waals surface area (Å²) >= 11 is 0. The number of benzene rings is 1. The molecule has 0 saturated heterocycles. The molecule has 0 spiro atoms. The Hall–Kier alpha value is -1.59. The maximum absolute atomic E-state index is 10.9. The quantitative estimate of drug-likeness (QED) is 0.684. The normalized spacial score (nSPS) is 14.2. The third-order valence-corrected chi connectivity index (χ3v) is 3.25. The second kappa shape index (κ2) is 8.64. The molecular weight excluding hydrogens is 268 g/mol. The molecule has 1 aromatic carbocycles. The Balaban J connectivity index is 2.65. The van der Waals surface area contributed by atoms with Gasteiger partial charge in [0.25, 0.3) is 0 Å². The zero-order valence-corrected chi connectivity index (χ0v) is 13.0. The van der Waals surface area contributed by atoms with Gasteiger partial charge in [0.15, 0.2) is 0 Å². The van der Waals surface area contributed by atoms with Gasteiger partial charge >= 0.3 is 6.09 Å². The number of hydrogen-bond acceptors (Lipinski definition) is 3. The second-order valence-electron chi connectivity index (χ2n) is 5.93. The van der Waals surface area contributed by atoms with Gasteiger partial charge in [-0.3, -0.25) is 0 Å². The van der Waals surface area contributed by atoms with E-state index < -0.39 is 18.2 Å². The highest BCUT2D eigenvalue weighted by Crippen LogP contribution is 2.08. The molecule has 2 unspecified atom stereocenters. The van der Waals surface area contributed by atoms with Gasteiger partial charge in [0.1, 0.15) is 0 Å². The molecule has 0 saturated carbocycles. The lowest BCUT2D eigenvalue weighted by Gasteiger charge is -2.28. The summed E-state index contributed by atoms with van der Waals surface area (Å²) < 4.78 is 0. The number of nitrogens with zero attached hydrogens (tertiary/aromatic N) is 1. The fraction of sp³-hybridized carbons (Fsp3) is 0.562. The number of rotatable bonds is 8. The van der Waals surface area contributed by atoms with Crippen LogP contribution in [0.2, 0.25) is 0 Å². The molecule has 118 valence electrons. The molecule has 0 fully saturated rings. The van der Waals surface area contributed by atoms with Crippen molar-refractivity contribution in [1.82, 2.24) is 10.2 Å². The highest BCUT2D eigenvalue weighted by molar-refractivity contribution is 5.65. The summed E-state index contributed by atoms with van der Waals surface area (Å²) in [5, 5.41) is 21.7. The number of likely N-dealkylation sites (N-methyl/N-ethyl adjacent to an activating group) is 1. The Kier molecular flexibility index (Phi) is 7.19. The lowest BCUT2D eigenvalue weighted by atomic mass is 10.0. The molecule has 1 amide bonds. The first-order chi connectivity index (χ1) is 9.88. The third kappa shape index (κ3) is 7.11. The molecule has 0 aliphatic rings. The zero-order chi connectivity index (χ0) is 15.8. The van der Waals surface area contributed by atoms with Crippen molar-refractivity contribution in [2.75, 3.05) is 20.1 Å². The summed E-state index contributed by atoms with van der Waals surface area (Å²) in [5.74, 6) is 0.502. The number of carboxylic acid groups (broad SMARTS) is 1. The molecule has 3 N–H and O–H groups in total. The number of aliphatic hydroxyl groups is 1. The Labute approximate surface area is 126 Å². The maximum Gasteiger partial charge on any atom is 0.404 e. The standard InChI is InChI=1S/C16H26N2O3/c1-12(2)10-18(3)11-15(19)14(17-16(20)21)9-13-7-5-4-6-8-13/h4-8,12,14-15,17,19H,9-11H2,1-3H3,(H,20,21). The van der Waals surface area contributed by atoms with E-state index in [2.05, 4.69) is 19.2 Å². The predicted octanol–water partition coefficient (Wildman–Crippen LogP) is 1.81. The summed E-state index contributed by atoms with van der Waals surface area (Å²) in [6, 6.07) is 9.08. The molecule has 0 aliphatic heterocycles. The molecule has 0 heterocycles. The summed E-state index contributed by atoms with van der Waals surface area (Å²) in [5.41, 5.74) is 1.00. The minimum atomic E-state index is -1.11. The SMILES string of the molecule is CC(C)CN(C)CC(O)C(Cc1ccccc1)NC(=O)O. The van der Waals surface area contributed by atoms with E-state index in [-0.39, 0.29) is 0 Å². The number of aliphatic hydroxyl groups excluding tert-OH is 1. The van der Waals surface area contributed by atoms with E-state index in [1.807, 2.05) is 42.3 Å². The average Bonchev–Trinajstić information content (AvgIpc) is 2.37. The van der Waals surface area contributed by atoms with Crippen molar-refractivity contribution in [3.8, 4) is 0 Å². The van der Waals surface area contributed by atoms with Crippen molar-refractivity contribution in [2.45, 2.75) is 32.4 Å². The van der Waals surface area contributed by atoms with Gasteiger partial charge in [-0.05, 0) is 24.9 Å². The lowest BCUT2D eigenvalue weighted by molar-refractivity contribution is 0.0828. The van der Waals surface area contributed by atoms with E-state index in [1.165, 1.54) is 0 Å². The Morgan fingerprint density at radius 1 is 1.24 bits per heavy atom. The Morgan fingerprint density at radius 3 is 2.38 bits per heavy atom. The molecule has 21 heavy (non-hydrogen) atoms. The lowest BCUT2D eigenvalue weighted by Crippen LogP contribution is -2.49. The summed E-state index contributed by atoms with van der Waals surface area (Å²) in [6.45, 7) is 5.53. The Morgan fingerprint density at radius 2 is 1.86 bits per heavy atom. The van der Waals surface area contributed by atoms with Crippen molar-refractivity contribution < 1.29 is 15.0 Å². The van der Waals surface area contributed by atoms with Gasteiger partial charge in [0.2, 0.25) is 0 Å². The molecule has 0 aromatic heterocycles. The van der Waals surface area contributed by atoms with E-state index in [1.54, 1.807) is 0 Å². The molecule has 2 atom stereocenters. The van der Waals surface area contributed by atoms with Gasteiger partial charge in [0, 0.05) is 13.1 Å². The van der Waals surface area contributed by atoms with Crippen LogP contribution in [0.15, 0.2) is 30.3 Å². The van der Waals surface area contributed by atoms with Crippen molar-refractivity contribution in [1.29, 1.82) is 0 Å². The number of hydrogen-bond donors (Lipinski definition) is 3. The Bertz CT molecular complexity index is 423. The minimum absolute atomic E-state index is 0.440. The maximum atomic E-state index is 10.9. The van der Waals surface area contributed by atoms with Crippen LogP contribution in [0.3, 0.4) is 0 Å². The predicted molar refractivity (Wildman–Crippen MR) is 83.4 cm³/mol. The second-order valence-corrected chi connectivity index (χ2v) is 5.93. The van der Waals surface area contributed by atoms with Gasteiger partial charge < -0.3 is 20.4 Å². The molecule has 1 rings (SSSR count). The average molecular weight is 294 g/mol. The van der Waals surface area contributed by atoms with Crippen LogP contribution >= 0.6 is 0 Å². The number of nitrogens with one attached hydrogen (secondary N) is 1. The van der Waals surface area contributed by atoms with Crippen LogP contribution in [-0.4, -0.2) is 53.5 Å². The summed E-state index contributed by atoms with van der Waals surface area (Å²) in [6.07, 6.45) is -1.38. The largest absolute Gasteiger partial charge is 0.465 e. The van der Waals surface area contributed by atoms with E-state index >= 15 is 0 Å². The molecular formula is C16H26N2O3. The highest BCUT2D eigenvalue weighted by atomic mass is 16.4. The van der Waals surface area contributed by atoms with Crippen LogP contribution in [0.5, 0.6) is 0 Å². The molecule has 0 aliphatic carbocycles. The van der Waals surface area contributed by atoms with Crippen molar-refractivity contribution in [3.05, 3.63) is 35.9 Å². The topological polar surface area (TPSA) is 72.8 Å². The highest BCUT2D eigenvalue weighted by Gasteiger charge is 2.23. The van der Waals surface area contributed by atoms with Gasteiger partial charge in [-0.1, -0.05) is 44.2 Å². The van der Waals surface area contributed by atoms with Crippen LogP contribution in [0, 0.1) is 5.92 Å². The van der Waals surface area contributed by atoms with Crippen molar-refractivity contribution in [2.24, 2.45) is 5.92 Å². The fourth-order valence-corrected chi connectivity index (χ4v) is 2.45. The molecule has 0 bridgehead atoms. The third-order valence-electron chi connectivity index (χ3n) is 3.25. The number of carbonyl (C=O) groups is 1. The van der Waals surface area contributed by atoms with Gasteiger partial charge in [-0.2, -0.15) is 0 Å². The molecule has 1 aromatic rings. The van der Waals surface area contributed by atoms with Crippen LogP contribution < -0.4 is 5.32 Å². The monoisotopic (exact) mass is 294 g/mol. The van der Waals surface area contributed by atoms with Gasteiger partial charge in [-0.25, -0.2) is 4.79 Å². The fourth-order valence-electron chi connectivity index (χ4n) is 2.45. The van der Waals surface area contributed by atoms with E-state index in [9.17, 15) is 9.90 Å². The first-order valence-electron chi connectivity index (χ1n) is 7.28. The van der Waals surface area contributed by atoms with Gasteiger partial charge in [-0.15, -0.1) is 0 Å². The number of amides is 1. The molecule has 5 nitrogen and oxygen atoms in total. The van der Waals surface area contributed by atoms with Crippen LogP contribution in [0.1, 0.15) is 19.4 Å².